The molecule has 1 saturated carbocycles. The van der Waals surface area contributed by atoms with Gasteiger partial charge in [-0.15, -0.1) is 0 Å². The lowest BCUT2D eigenvalue weighted by Crippen LogP contribution is -2.50. The number of likely N-dealkylation sites (tertiary alicyclic amines) is 1. The van der Waals surface area contributed by atoms with E-state index in [0.717, 1.165) is 25.9 Å². The SMILES string of the molecule is CN1CCCC(N(C)CC2(O)CCCC2)C1. The zero-order valence-corrected chi connectivity index (χ0v) is 10.8. The first-order valence-electron chi connectivity index (χ1n) is 6.70. The van der Waals surface area contributed by atoms with Crippen LogP contribution >= 0.6 is 0 Å². The van der Waals surface area contributed by atoms with E-state index in [1.165, 1.54) is 32.2 Å². The molecular formula is C13H26N2O. The fourth-order valence-corrected chi connectivity index (χ4v) is 3.28. The van der Waals surface area contributed by atoms with Crippen molar-refractivity contribution in [3.63, 3.8) is 0 Å². The second-order valence-corrected chi connectivity index (χ2v) is 5.90. The monoisotopic (exact) mass is 226 g/mol. The number of likely N-dealkylation sites (N-methyl/N-ethyl adjacent to an activating group) is 2. The molecule has 1 saturated heterocycles. The van der Waals surface area contributed by atoms with Gasteiger partial charge in [0.25, 0.3) is 0 Å². The number of hydrogen-bond donors (Lipinski definition) is 1. The number of hydrogen-bond acceptors (Lipinski definition) is 3. The van der Waals surface area contributed by atoms with Gasteiger partial charge in [0.1, 0.15) is 0 Å². The summed E-state index contributed by atoms with van der Waals surface area (Å²) in [6, 6.07) is 0.642. The molecule has 1 unspecified atom stereocenters. The molecule has 3 nitrogen and oxygen atoms in total. The van der Waals surface area contributed by atoms with Crippen molar-refractivity contribution in [3.8, 4) is 0 Å². The van der Waals surface area contributed by atoms with Crippen molar-refractivity contribution in [1.82, 2.24) is 9.80 Å². The van der Waals surface area contributed by atoms with Crippen molar-refractivity contribution >= 4 is 0 Å². The zero-order valence-electron chi connectivity index (χ0n) is 10.8. The summed E-state index contributed by atoms with van der Waals surface area (Å²) in [6.45, 7) is 3.26. The fraction of sp³-hybridized carbons (Fsp3) is 1.00. The van der Waals surface area contributed by atoms with E-state index in [0.29, 0.717) is 6.04 Å². The van der Waals surface area contributed by atoms with Gasteiger partial charge in [0.2, 0.25) is 0 Å². The molecule has 0 amide bonds. The maximum atomic E-state index is 10.4. The van der Waals surface area contributed by atoms with Crippen LogP contribution in [0.5, 0.6) is 0 Å². The Balaban J connectivity index is 1.84. The summed E-state index contributed by atoms with van der Waals surface area (Å²) in [5.41, 5.74) is -0.384. The first kappa shape index (κ1) is 12.3. The van der Waals surface area contributed by atoms with Crippen molar-refractivity contribution in [1.29, 1.82) is 0 Å². The summed E-state index contributed by atoms with van der Waals surface area (Å²) in [5, 5.41) is 10.4. The lowest BCUT2D eigenvalue weighted by Gasteiger charge is -2.39. The summed E-state index contributed by atoms with van der Waals surface area (Å²) in [4.78, 5) is 4.80. The van der Waals surface area contributed by atoms with Gasteiger partial charge in [-0.1, -0.05) is 12.8 Å². The topological polar surface area (TPSA) is 26.7 Å². The first-order chi connectivity index (χ1) is 7.59. The fourth-order valence-electron chi connectivity index (χ4n) is 3.28. The molecule has 0 spiro atoms. The molecule has 1 heterocycles. The van der Waals surface area contributed by atoms with Gasteiger partial charge in [0.15, 0.2) is 0 Å². The van der Waals surface area contributed by atoms with E-state index in [2.05, 4.69) is 23.9 Å². The molecule has 3 heteroatoms. The molecule has 16 heavy (non-hydrogen) atoms. The number of piperidine rings is 1. The number of rotatable bonds is 3. The van der Waals surface area contributed by atoms with E-state index in [4.69, 9.17) is 0 Å². The van der Waals surface area contributed by atoms with E-state index in [1.54, 1.807) is 0 Å². The van der Waals surface area contributed by atoms with E-state index in [9.17, 15) is 5.11 Å². The van der Waals surface area contributed by atoms with Gasteiger partial charge in [0.05, 0.1) is 5.60 Å². The minimum Gasteiger partial charge on any atom is -0.389 e. The molecule has 2 fully saturated rings. The van der Waals surface area contributed by atoms with Crippen molar-refractivity contribution in [3.05, 3.63) is 0 Å². The highest BCUT2D eigenvalue weighted by molar-refractivity contribution is 4.89. The quantitative estimate of drug-likeness (QED) is 0.786. The smallest absolute Gasteiger partial charge is 0.0774 e. The van der Waals surface area contributed by atoms with Crippen LogP contribution in [0, 0.1) is 0 Å². The van der Waals surface area contributed by atoms with Crippen molar-refractivity contribution < 1.29 is 5.11 Å². The van der Waals surface area contributed by atoms with Gasteiger partial charge in [0, 0.05) is 19.1 Å². The summed E-state index contributed by atoms with van der Waals surface area (Å²) in [6.07, 6.45) is 6.99. The van der Waals surface area contributed by atoms with Crippen LogP contribution in [-0.4, -0.2) is 60.3 Å². The van der Waals surface area contributed by atoms with Crippen LogP contribution in [0.4, 0.5) is 0 Å². The molecule has 94 valence electrons. The molecule has 2 aliphatic rings. The number of nitrogens with zero attached hydrogens (tertiary/aromatic N) is 2. The minimum atomic E-state index is -0.384. The second-order valence-electron chi connectivity index (χ2n) is 5.90. The van der Waals surface area contributed by atoms with Crippen LogP contribution in [0.15, 0.2) is 0 Å². The molecule has 1 aliphatic heterocycles. The van der Waals surface area contributed by atoms with E-state index < -0.39 is 0 Å². The Morgan fingerprint density at radius 2 is 2.00 bits per heavy atom. The van der Waals surface area contributed by atoms with Crippen molar-refractivity contribution in [2.24, 2.45) is 0 Å². The highest BCUT2D eigenvalue weighted by atomic mass is 16.3. The van der Waals surface area contributed by atoms with Gasteiger partial charge in [-0.3, -0.25) is 4.90 Å². The first-order valence-corrected chi connectivity index (χ1v) is 6.70. The molecule has 0 bridgehead atoms. The molecular weight excluding hydrogens is 200 g/mol. The average molecular weight is 226 g/mol. The highest BCUT2D eigenvalue weighted by Gasteiger charge is 2.34. The molecule has 2 rings (SSSR count). The van der Waals surface area contributed by atoms with Gasteiger partial charge >= 0.3 is 0 Å². The van der Waals surface area contributed by atoms with Crippen LogP contribution < -0.4 is 0 Å². The predicted octanol–water partition coefficient (Wildman–Crippen LogP) is 1.32. The Morgan fingerprint density at radius 3 is 2.62 bits per heavy atom. The van der Waals surface area contributed by atoms with E-state index in [1.807, 2.05) is 0 Å². The molecule has 0 radical (unpaired) electrons. The lowest BCUT2D eigenvalue weighted by molar-refractivity contribution is -0.00391. The third-order valence-corrected chi connectivity index (χ3v) is 4.30. The summed E-state index contributed by atoms with van der Waals surface area (Å²) >= 11 is 0. The second kappa shape index (κ2) is 5.03. The molecule has 1 atom stereocenters. The van der Waals surface area contributed by atoms with Gasteiger partial charge in [-0.2, -0.15) is 0 Å². The van der Waals surface area contributed by atoms with E-state index in [-0.39, 0.29) is 5.60 Å². The maximum Gasteiger partial charge on any atom is 0.0774 e. The molecule has 0 aromatic heterocycles. The van der Waals surface area contributed by atoms with Crippen LogP contribution in [-0.2, 0) is 0 Å². The Labute approximate surface area is 99.4 Å². The predicted molar refractivity (Wildman–Crippen MR) is 66.6 cm³/mol. The van der Waals surface area contributed by atoms with E-state index >= 15 is 0 Å². The lowest BCUT2D eigenvalue weighted by atomic mass is 9.99. The molecule has 0 aromatic rings. The largest absolute Gasteiger partial charge is 0.389 e. The maximum absolute atomic E-state index is 10.4. The third-order valence-electron chi connectivity index (χ3n) is 4.30. The Morgan fingerprint density at radius 1 is 1.31 bits per heavy atom. The van der Waals surface area contributed by atoms with Gasteiger partial charge in [-0.05, 0) is 46.3 Å². The van der Waals surface area contributed by atoms with Crippen molar-refractivity contribution in [2.45, 2.75) is 50.2 Å². The minimum absolute atomic E-state index is 0.384. The van der Waals surface area contributed by atoms with Crippen LogP contribution in [0.25, 0.3) is 0 Å². The zero-order chi connectivity index (χ0) is 11.6. The standard InChI is InChI=1S/C13H26N2O/c1-14-9-5-6-12(10-14)15(2)11-13(16)7-3-4-8-13/h12,16H,3-11H2,1-2H3. The Kier molecular flexibility index (Phi) is 3.88. The summed E-state index contributed by atoms with van der Waals surface area (Å²) in [7, 11) is 4.38. The normalized spacial score (nSPS) is 31.1. The Hall–Kier alpha value is -0.120. The third kappa shape index (κ3) is 2.96. The van der Waals surface area contributed by atoms with Gasteiger partial charge < -0.3 is 10.0 Å². The van der Waals surface area contributed by atoms with Crippen molar-refractivity contribution in [2.75, 3.05) is 33.7 Å². The number of aliphatic hydroxyl groups is 1. The molecule has 1 N–H and O–H groups in total. The van der Waals surface area contributed by atoms with Crippen LogP contribution in [0.3, 0.4) is 0 Å². The van der Waals surface area contributed by atoms with Gasteiger partial charge in [-0.25, -0.2) is 0 Å². The molecule has 1 aliphatic carbocycles. The Bertz CT molecular complexity index is 226. The summed E-state index contributed by atoms with van der Waals surface area (Å²) < 4.78 is 0. The van der Waals surface area contributed by atoms with Crippen LogP contribution in [0.2, 0.25) is 0 Å². The average Bonchev–Trinajstić information content (AvgIpc) is 2.65. The summed E-state index contributed by atoms with van der Waals surface area (Å²) in [5.74, 6) is 0. The molecule has 0 aromatic carbocycles. The highest BCUT2D eigenvalue weighted by Crippen LogP contribution is 2.30. The van der Waals surface area contributed by atoms with Crippen LogP contribution in [0.1, 0.15) is 38.5 Å².